The van der Waals surface area contributed by atoms with Gasteiger partial charge in [-0.2, -0.15) is 20.4 Å². The molecule has 0 unspecified atom stereocenters. The molecule has 0 bridgehead atoms. The Labute approximate surface area is 440 Å². The first-order chi connectivity index (χ1) is 33.1. The molecule has 6 aromatic heterocycles. The van der Waals surface area contributed by atoms with Crippen LogP contribution in [-0.4, -0.2) is 97.5 Å². The van der Waals surface area contributed by atoms with Gasteiger partial charge >= 0.3 is 35.5 Å². The Morgan fingerprint density at radius 1 is 0.662 bits per heavy atom. The van der Waals surface area contributed by atoms with Crippen LogP contribution in [0.2, 0.25) is 0 Å². The fourth-order valence-electron chi connectivity index (χ4n) is 7.78. The number of alkyl halides is 2. The number of fused-ring (bicyclic) bond motifs is 3. The molecular formula is C48H44BCl2F3N12NaO4. The van der Waals surface area contributed by atoms with Gasteiger partial charge in [0.2, 0.25) is 0 Å². The molecular weight excluding hydrogens is 970 g/mol. The maximum absolute atomic E-state index is 13.6. The molecule has 1 N–H and O–H groups in total. The first kappa shape index (κ1) is 54.2. The first-order valence-electron chi connectivity index (χ1n) is 21.4. The van der Waals surface area contributed by atoms with Crippen LogP contribution >= 0.6 is 23.2 Å². The van der Waals surface area contributed by atoms with Crippen LogP contribution in [0.5, 0.6) is 0 Å². The van der Waals surface area contributed by atoms with Crippen molar-refractivity contribution in [3.05, 3.63) is 126 Å². The van der Waals surface area contributed by atoms with Crippen molar-refractivity contribution in [3.8, 4) is 34.2 Å². The molecule has 0 saturated heterocycles. The van der Waals surface area contributed by atoms with Crippen molar-refractivity contribution in [3.63, 3.8) is 0 Å². The second-order valence-electron chi connectivity index (χ2n) is 16.0. The topological polar surface area (TPSA) is 194 Å². The quantitative estimate of drug-likeness (QED) is 0.0689. The summed E-state index contributed by atoms with van der Waals surface area (Å²) in [6.45, 7) is -0.168. The van der Waals surface area contributed by atoms with Gasteiger partial charge in [0.1, 0.15) is 40.6 Å². The number of nitrogens with zero attached hydrogens (tertiary/aromatic N) is 12. The van der Waals surface area contributed by atoms with Crippen molar-refractivity contribution in [1.82, 2.24) is 59.2 Å². The van der Waals surface area contributed by atoms with Crippen molar-refractivity contribution in [1.29, 1.82) is 0 Å². The first-order valence-corrected chi connectivity index (χ1v) is 22.4. The summed E-state index contributed by atoms with van der Waals surface area (Å²) in [5.41, 5.74) is 7.57. The number of benzene rings is 3. The molecule has 3 aromatic carbocycles. The predicted molar refractivity (Wildman–Crippen MR) is 260 cm³/mol. The van der Waals surface area contributed by atoms with E-state index in [1.54, 1.807) is 55.0 Å². The average molecular weight is 1010 g/mol. The number of hydrogen-bond donors (Lipinski definition) is 1. The van der Waals surface area contributed by atoms with E-state index in [0.717, 1.165) is 83.1 Å². The molecule has 3 aliphatic carbocycles. The maximum atomic E-state index is 13.6. The Morgan fingerprint density at radius 2 is 1.04 bits per heavy atom. The SMILES string of the molecule is C.COC(=O)c1cc(-c2nc3ccc(F)cc3n2C2CC2)cnn1.ClCCl.O=Cc1cc(-c2nc3ccc(F)cc3n2C2CC2)cnn1.OCc1cc(-c2nc3ccc(F)cc3n2C2CC2)cnn1.[B].[H-].[Na+]. The van der Waals surface area contributed by atoms with Crippen LogP contribution in [0.15, 0.2) is 91.4 Å². The van der Waals surface area contributed by atoms with E-state index in [1.807, 2.05) is 9.13 Å². The van der Waals surface area contributed by atoms with Crippen molar-refractivity contribution in [2.75, 3.05) is 12.4 Å². The van der Waals surface area contributed by atoms with Gasteiger partial charge in [0, 0.05) is 43.2 Å². The number of aliphatic hydroxyl groups is 1. The van der Waals surface area contributed by atoms with E-state index in [1.165, 1.54) is 43.5 Å². The van der Waals surface area contributed by atoms with Gasteiger partial charge in [-0.15, -0.1) is 33.4 Å². The molecule has 9 aromatic rings. The van der Waals surface area contributed by atoms with Crippen LogP contribution in [0.3, 0.4) is 0 Å². The van der Waals surface area contributed by atoms with Gasteiger partial charge in [-0.05, 0) is 111 Å². The number of carbonyl (C=O) groups is 2. The molecule has 0 amide bonds. The van der Waals surface area contributed by atoms with Gasteiger partial charge in [0.15, 0.2) is 12.0 Å². The third kappa shape index (κ3) is 12.1. The van der Waals surface area contributed by atoms with Crippen LogP contribution in [0.25, 0.3) is 67.3 Å². The van der Waals surface area contributed by atoms with E-state index in [9.17, 15) is 27.9 Å². The predicted octanol–water partition coefficient (Wildman–Crippen LogP) is 6.79. The minimum Gasteiger partial charge on any atom is -1.00 e. The standard InChI is InChI=1S/C16H13FN4O2.C15H13FN4O.C15H11FN4O.CH2Cl2.CH4.B.Na.H/c1-23-16(22)13-6-9(8-18-20-13)15-19-12-5-2-10(17)7-14(12)21(15)11-3-4-11;2*16-10-1-4-13-14(6-10)20(12-2-3-12)15(18-13)9-5-11(8-21)19-17-7-9;2-1-3;;;;/h2,5-8,11H,3-4H2,1H3;1,4-7,12,21H,2-3,8H2;1,4-8,12H,2-3H2;1H2;1H4;;;/q;;;;;;+1;-1. The van der Waals surface area contributed by atoms with E-state index >= 15 is 0 Å². The van der Waals surface area contributed by atoms with Crippen molar-refractivity contribution in [2.24, 2.45) is 0 Å². The molecule has 0 aliphatic heterocycles. The van der Waals surface area contributed by atoms with Gasteiger partial charge in [-0.1, -0.05) is 7.43 Å². The van der Waals surface area contributed by atoms with E-state index in [2.05, 4.69) is 54.8 Å². The Bertz CT molecular complexity index is 3340. The summed E-state index contributed by atoms with van der Waals surface area (Å²) in [6.07, 6.45) is 11.7. The largest absolute Gasteiger partial charge is 1.00 e. The Kier molecular flexibility index (Phi) is 18.2. The molecule has 0 atom stereocenters. The number of aliphatic hydroxyl groups excluding tert-OH is 1. The number of carbonyl (C=O) groups excluding carboxylic acids is 2. The molecule has 12 rings (SSSR count). The third-order valence-electron chi connectivity index (χ3n) is 11.2. The number of aromatic nitrogens is 12. The summed E-state index contributed by atoms with van der Waals surface area (Å²) in [5, 5.41) is 32.3. The van der Waals surface area contributed by atoms with Gasteiger partial charge < -0.3 is 25.0 Å². The van der Waals surface area contributed by atoms with Crippen LogP contribution in [0.1, 0.15) is 92.2 Å². The monoisotopic (exact) mass is 1010 g/mol. The number of aldehydes is 1. The molecule has 359 valence electrons. The summed E-state index contributed by atoms with van der Waals surface area (Å²) in [6, 6.07) is 19.7. The van der Waals surface area contributed by atoms with Crippen molar-refractivity contribution in [2.45, 2.75) is 70.7 Å². The van der Waals surface area contributed by atoms with Crippen LogP contribution in [0, 0.1) is 17.5 Å². The number of esters is 1. The zero-order chi connectivity index (χ0) is 47.5. The Morgan fingerprint density at radius 3 is 1.42 bits per heavy atom. The molecule has 3 saturated carbocycles. The molecule has 3 radical (unpaired) electrons. The molecule has 6 heterocycles. The summed E-state index contributed by atoms with van der Waals surface area (Å²) >= 11 is 9.53. The number of methoxy groups -OCH3 is 1. The number of rotatable bonds is 9. The Hall–Kier alpha value is -6.16. The Balaban J connectivity index is 0.000000190. The third-order valence-corrected chi connectivity index (χ3v) is 11.2. The van der Waals surface area contributed by atoms with Crippen LogP contribution in [-0.2, 0) is 11.3 Å². The summed E-state index contributed by atoms with van der Waals surface area (Å²) in [7, 11) is 1.29. The molecule has 23 heteroatoms. The summed E-state index contributed by atoms with van der Waals surface area (Å²) in [4.78, 5) is 36.3. The number of hydrogen-bond acceptors (Lipinski definition) is 13. The van der Waals surface area contributed by atoms with Crippen LogP contribution < -0.4 is 29.6 Å². The molecule has 16 nitrogen and oxygen atoms in total. The molecule has 3 fully saturated rings. The van der Waals surface area contributed by atoms with Crippen molar-refractivity contribution < 1.29 is 63.6 Å². The number of imidazole rings is 3. The fraction of sp³-hybridized carbons (Fsp3) is 0.271. The number of ether oxygens (including phenoxy) is 1. The van der Waals surface area contributed by atoms with E-state index < -0.39 is 5.97 Å². The smallest absolute Gasteiger partial charge is 1.00 e. The minimum absolute atomic E-state index is 0. The summed E-state index contributed by atoms with van der Waals surface area (Å²) in [5.74, 6) is 0.720. The van der Waals surface area contributed by atoms with Gasteiger partial charge in [0.05, 0.1) is 76.4 Å². The summed E-state index contributed by atoms with van der Waals surface area (Å²) < 4.78 is 51.4. The van der Waals surface area contributed by atoms with E-state index in [0.29, 0.717) is 52.8 Å². The second-order valence-corrected chi connectivity index (χ2v) is 16.8. The van der Waals surface area contributed by atoms with Crippen LogP contribution in [0.4, 0.5) is 13.2 Å². The molecule has 0 spiro atoms. The van der Waals surface area contributed by atoms with E-state index in [4.69, 9.17) is 23.2 Å². The molecule has 3 aliphatic rings. The van der Waals surface area contributed by atoms with Gasteiger partial charge in [-0.3, -0.25) is 4.79 Å². The zero-order valence-corrected chi connectivity index (χ0v) is 41.1. The zero-order valence-electron chi connectivity index (χ0n) is 38.6. The normalized spacial score (nSPS) is 13.5. The van der Waals surface area contributed by atoms with E-state index in [-0.39, 0.29) is 87.6 Å². The van der Waals surface area contributed by atoms with Gasteiger partial charge in [0.25, 0.3) is 0 Å². The molecule has 71 heavy (non-hydrogen) atoms. The minimum atomic E-state index is -0.556. The van der Waals surface area contributed by atoms with Crippen molar-refractivity contribution >= 4 is 77.0 Å². The van der Waals surface area contributed by atoms with Gasteiger partial charge in [-0.25, -0.2) is 32.9 Å². The fourth-order valence-corrected chi connectivity index (χ4v) is 7.78. The second kappa shape index (κ2) is 23.8. The maximum Gasteiger partial charge on any atom is 1.00 e. The average Bonchev–Trinajstić information content (AvgIpc) is 4.32. The number of halogens is 5.